The van der Waals surface area contributed by atoms with Gasteiger partial charge in [0.05, 0.1) is 5.39 Å². The maximum Gasteiger partial charge on any atom is 0.352 e. The van der Waals surface area contributed by atoms with Gasteiger partial charge in [-0.1, -0.05) is 6.07 Å². The van der Waals surface area contributed by atoms with Crippen molar-refractivity contribution in [1.82, 2.24) is 19.3 Å². The highest BCUT2D eigenvalue weighted by atomic mass is 16.4. The van der Waals surface area contributed by atoms with E-state index in [0.717, 1.165) is 5.56 Å². The van der Waals surface area contributed by atoms with E-state index in [-0.39, 0.29) is 35.6 Å². The molecule has 3 aromatic heterocycles. The van der Waals surface area contributed by atoms with Gasteiger partial charge in [0.1, 0.15) is 17.0 Å². The number of rotatable bonds is 4. The molecule has 0 unspecified atom stereocenters. The van der Waals surface area contributed by atoms with Crippen LogP contribution in [0.4, 0.5) is 0 Å². The highest BCUT2D eigenvalue weighted by Gasteiger charge is 2.19. The molecule has 0 spiro atoms. The van der Waals surface area contributed by atoms with Crippen LogP contribution in [0.15, 0.2) is 29.2 Å². The normalized spacial score (nSPS) is 11.1. The number of carboxylic acid groups (broad SMARTS) is 1. The monoisotopic (exact) mass is 328 g/mol. The second kappa shape index (κ2) is 5.80. The summed E-state index contributed by atoms with van der Waals surface area (Å²) in [5, 5.41) is 12.3. The number of carbonyl (C=O) groups is 2. The van der Waals surface area contributed by atoms with Crippen LogP contribution < -0.4 is 10.9 Å². The van der Waals surface area contributed by atoms with Gasteiger partial charge in [-0.3, -0.25) is 14.0 Å². The van der Waals surface area contributed by atoms with Gasteiger partial charge >= 0.3 is 5.97 Å². The Morgan fingerprint density at radius 3 is 2.75 bits per heavy atom. The highest BCUT2D eigenvalue weighted by molar-refractivity contribution is 5.93. The number of aryl methyl sites for hydroxylation is 1. The molecule has 0 aliphatic heterocycles. The quantitative estimate of drug-likeness (QED) is 0.736. The van der Waals surface area contributed by atoms with E-state index in [9.17, 15) is 19.5 Å². The van der Waals surface area contributed by atoms with Gasteiger partial charge < -0.3 is 15.0 Å². The number of aromatic carboxylic acids is 1. The topological polar surface area (TPSA) is 106 Å². The van der Waals surface area contributed by atoms with Gasteiger partial charge in [-0.25, -0.2) is 9.78 Å². The summed E-state index contributed by atoms with van der Waals surface area (Å²) in [6.07, 6.45) is 1.60. The third kappa shape index (κ3) is 2.51. The molecule has 0 saturated heterocycles. The SMILES string of the molecule is CC(=O)NCCn1c(C(=O)O)cc2c(=O)n3cccc(C)c3nc21. The first-order chi connectivity index (χ1) is 11.4. The molecule has 8 nitrogen and oxygen atoms in total. The number of fused-ring (bicyclic) bond motifs is 2. The van der Waals surface area contributed by atoms with Gasteiger partial charge in [-0.2, -0.15) is 0 Å². The molecule has 3 heterocycles. The van der Waals surface area contributed by atoms with Crippen molar-refractivity contribution in [2.45, 2.75) is 20.4 Å². The predicted molar refractivity (Wildman–Crippen MR) is 87.3 cm³/mol. The predicted octanol–water partition coefficient (Wildman–Crippen LogP) is 0.792. The average Bonchev–Trinajstić information content (AvgIpc) is 2.88. The smallest absolute Gasteiger partial charge is 0.352 e. The molecule has 0 aliphatic rings. The fourth-order valence-electron chi connectivity index (χ4n) is 2.71. The number of amides is 1. The molecule has 2 N–H and O–H groups in total. The minimum absolute atomic E-state index is 0.0338. The highest BCUT2D eigenvalue weighted by Crippen LogP contribution is 2.17. The van der Waals surface area contributed by atoms with Crippen LogP contribution in [0.1, 0.15) is 23.0 Å². The third-order valence-electron chi connectivity index (χ3n) is 3.82. The van der Waals surface area contributed by atoms with Crippen molar-refractivity contribution >= 4 is 28.6 Å². The van der Waals surface area contributed by atoms with Crippen molar-refractivity contribution in [2.75, 3.05) is 6.54 Å². The number of carboxylic acids is 1. The molecule has 0 atom stereocenters. The van der Waals surface area contributed by atoms with E-state index < -0.39 is 5.97 Å². The molecule has 0 aromatic carbocycles. The number of nitrogens with zero attached hydrogens (tertiary/aromatic N) is 3. The Hall–Kier alpha value is -3.16. The van der Waals surface area contributed by atoms with Crippen LogP contribution >= 0.6 is 0 Å². The summed E-state index contributed by atoms with van der Waals surface area (Å²) < 4.78 is 2.85. The van der Waals surface area contributed by atoms with Gasteiger partial charge in [0.2, 0.25) is 5.91 Å². The summed E-state index contributed by atoms with van der Waals surface area (Å²) in [6.45, 7) is 3.66. The van der Waals surface area contributed by atoms with Gasteiger partial charge in [-0.15, -0.1) is 0 Å². The first-order valence-electron chi connectivity index (χ1n) is 7.39. The van der Waals surface area contributed by atoms with Crippen LogP contribution in [0.2, 0.25) is 0 Å². The van der Waals surface area contributed by atoms with Crippen molar-refractivity contribution in [3.63, 3.8) is 0 Å². The van der Waals surface area contributed by atoms with Crippen LogP contribution in [-0.2, 0) is 11.3 Å². The first-order valence-corrected chi connectivity index (χ1v) is 7.39. The molecule has 0 bridgehead atoms. The van der Waals surface area contributed by atoms with E-state index in [0.29, 0.717) is 11.3 Å². The lowest BCUT2D eigenvalue weighted by Gasteiger charge is -2.09. The van der Waals surface area contributed by atoms with Gasteiger partial charge in [0.25, 0.3) is 5.56 Å². The van der Waals surface area contributed by atoms with Crippen molar-refractivity contribution in [3.05, 3.63) is 46.0 Å². The second-order valence-electron chi connectivity index (χ2n) is 5.51. The Morgan fingerprint density at radius 2 is 2.08 bits per heavy atom. The van der Waals surface area contributed by atoms with E-state index in [1.165, 1.54) is 22.0 Å². The number of carbonyl (C=O) groups excluding carboxylic acids is 1. The maximum absolute atomic E-state index is 12.7. The number of hydrogen-bond donors (Lipinski definition) is 2. The number of hydrogen-bond acceptors (Lipinski definition) is 4. The molecular weight excluding hydrogens is 312 g/mol. The minimum atomic E-state index is -1.15. The Balaban J connectivity index is 2.27. The fourth-order valence-corrected chi connectivity index (χ4v) is 2.71. The standard InChI is InChI=1S/C16H16N4O4/c1-9-4-3-6-20-13(9)18-14-11(15(20)22)8-12(16(23)24)19(14)7-5-17-10(2)21/h3-4,6,8H,5,7H2,1-2H3,(H,17,21)(H,23,24). The molecular formula is C16H16N4O4. The van der Waals surface area contributed by atoms with E-state index in [2.05, 4.69) is 10.3 Å². The Morgan fingerprint density at radius 1 is 1.33 bits per heavy atom. The second-order valence-corrected chi connectivity index (χ2v) is 5.51. The minimum Gasteiger partial charge on any atom is -0.477 e. The lowest BCUT2D eigenvalue weighted by molar-refractivity contribution is -0.118. The Labute approximate surface area is 136 Å². The fraction of sp³-hybridized carbons (Fsp3) is 0.250. The zero-order valence-corrected chi connectivity index (χ0v) is 13.2. The largest absolute Gasteiger partial charge is 0.477 e. The molecule has 24 heavy (non-hydrogen) atoms. The van der Waals surface area contributed by atoms with Gasteiger partial charge in [0, 0.05) is 26.2 Å². The van der Waals surface area contributed by atoms with E-state index in [1.54, 1.807) is 12.3 Å². The summed E-state index contributed by atoms with van der Waals surface area (Å²) in [4.78, 5) is 39.7. The number of aromatic nitrogens is 3. The van der Waals surface area contributed by atoms with E-state index >= 15 is 0 Å². The lowest BCUT2D eigenvalue weighted by atomic mass is 10.3. The van der Waals surface area contributed by atoms with Crippen molar-refractivity contribution in [3.8, 4) is 0 Å². The Kier molecular flexibility index (Phi) is 3.80. The lowest BCUT2D eigenvalue weighted by Crippen LogP contribution is -2.26. The molecule has 124 valence electrons. The molecule has 3 aromatic rings. The number of nitrogens with one attached hydrogen (secondary N) is 1. The zero-order chi connectivity index (χ0) is 17.4. The van der Waals surface area contributed by atoms with Gasteiger partial charge in [0.15, 0.2) is 0 Å². The number of pyridine rings is 1. The molecule has 0 aliphatic carbocycles. The first kappa shape index (κ1) is 15.7. The summed E-state index contributed by atoms with van der Waals surface area (Å²) in [7, 11) is 0. The van der Waals surface area contributed by atoms with Crippen LogP contribution in [0.3, 0.4) is 0 Å². The van der Waals surface area contributed by atoms with Crippen LogP contribution in [0.25, 0.3) is 16.7 Å². The zero-order valence-electron chi connectivity index (χ0n) is 13.2. The summed E-state index contributed by atoms with van der Waals surface area (Å²) >= 11 is 0. The van der Waals surface area contributed by atoms with Gasteiger partial charge in [-0.05, 0) is 24.6 Å². The molecule has 0 fully saturated rings. The molecule has 3 rings (SSSR count). The van der Waals surface area contributed by atoms with Crippen molar-refractivity contribution < 1.29 is 14.7 Å². The maximum atomic E-state index is 12.7. The Bertz CT molecular complexity index is 1030. The summed E-state index contributed by atoms with van der Waals surface area (Å²) in [5.74, 6) is -1.36. The van der Waals surface area contributed by atoms with Crippen molar-refractivity contribution in [1.29, 1.82) is 0 Å². The molecule has 0 saturated carbocycles. The van der Waals surface area contributed by atoms with Crippen molar-refractivity contribution in [2.24, 2.45) is 0 Å². The average molecular weight is 328 g/mol. The van der Waals surface area contributed by atoms with E-state index in [1.807, 2.05) is 13.0 Å². The summed E-state index contributed by atoms with van der Waals surface area (Å²) in [6, 6.07) is 4.90. The van der Waals surface area contributed by atoms with Crippen LogP contribution in [0, 0.1) is 6.92 Å². The molecule has 0 radical (unpaired) electrons. The van der Waals surface area contributed by atoms with E-state index in [4.69, 9.17) is 0 Å². The molecule has 8 heteroatoms. The van der Waals surface area contributed by atoms with Crippen LogP contribution in [-0.4, -0.2) is 37.5 Å². The van der Waals surface area contributed by atoms with Crippen LogP contribution in [0.5, 0.6) is 0 Å². The third-order valence-corrected chi connectivity index (χ3v) is 3.82. The summed E-state index contributed by atoms with van der Waals surface area (Å²) in [5.41, 5.74) is 1.24. The molecule has 1 amide bonds.